The van der Waals surface area contributed by atoms with E-state index >= 15 is 0 Å². The van der Waals surface area contributed by atoms with Crippen LogP contribution < -0.4 is 5.73 Å². The summed E-state index contributed by atoms with van der Waals surface area (Å²) in [5.41, 5.74) is 12.5. The largest absolute Gasteiger partial charge is 0.329 e. The highest BCUT2D eigenvalue weighted by atomic mass is 15.1. The lowest BCUT2D eigenvalue weighted by molar-refractivity contribution is 0.263. The number of nitrogens with zero attached hydrogens (tertiary/aromatic N) is 2. The highest BCUT2D eigenvalue weighted by Crippen LogP contribution is 2.19. The Morgan fingerprint density at radius 3 is 2.19 bits per heavy atom. The number of aromatic nitrogens is 1. The quantitative estimate of drug-likeness (QED) is 0.886. The number of benzene rings is 1. The van der Waals surface area contributed by atoms with E-state index in [0.29, 0.717) is 6.54 Å². The van der Waals surface area contributed by atoms with E-state index in [1.807, 2.05) is 12.4 Å². The average molecular weight is 283 g/mol. The molecule has 1 heterocycles. The maximum absolute atomic E-state index is 5.78. The predicted octanol–water partition coefficient (Wildman–Crippen LogP) is 2.97. The first-order chi connectivity index (χ1) is 10.1. The molecule has 1 aromatic heterocycles. The van der Waals surface area contributed by atoms with Crippen LogP contribution in [0.4, 0.5) is 0 Å². The van der Waals surface area contributed by atoms with Gasteiger partial charge in [0.05, 0.1) is 0 Å². The molecule has 0 saturated heterocycles. The van der Waals surface area contributed by atoms with Crippen molar-refractivity contribution >= 4 is 0 Å². The summed E-state index contributed by atoms with van der Waals surface area (Å²) in [7, 11) is 0. The Balaban J connectivity index is 2.17. The molecule has 21 heavy (non-hydrogen) atoms. The minimum atomic E-state index is 0.676. The maximum Gasteiger partial charge on any atom is 0.0271 e. The van der Waals surface area contributed by atoms with Gasteiger partial charge in [-0.25, -0.2) is 0 Å². The minimum Gasteiger partial charge on any atom is -0.329 e. The molecule has 0 radical (unpaired) electrons. The van der Waals surface area contributed by atoms with Crippen molar-refractivity contribution in [3.05, 3.63) is 64.5 Å². The molecule has 2 aromatic rings. The first-order valence-electron chi connectivity index (χ1n) is 7.48. The Labute approximate surface area is 127 Å². The molecule has 0 aliphatic rings. The fourth-order valence-electron chi connectivity index (χ4n) is 2.83. The van der Waals surface area contributed by atoms with Gasteiger partial charge in [0, 0.05) is 38.6 Å². The van der Waals surface area contributed by atoms with Crippen molar-refractivity contribution < 1.29 is 0 Å². The molecule has 3 nitrogen and oxygen atoms in total. The van der Waals surface area contributed by atoms with Crippen LogP contribution in [0.1, 0.15) is 27.8 Å². The van der Waals surface area contributed by atoms with E-state index in [1.165, 1.54) is 27.8 Å². The third-order valence-electron chi connectivity index (χ3n) is 3.82. The molecule has 0 aliphatic heterocycles. The number of nitrogens with two attached hydrogens (primary N) is 1. The van der Waals surface area contributed by atoms with Crippen molar-refractivity contribution in [1.29, 1.82) is 0 Å². The molecule has 112 valence electrons. The van der Waals surface area contributed by atoms with Crippen LogP contribution >= 0.6 is 0 Å². The monoisotopic (exact) mass is 283 g/mol. The Hall–Kier alpha value is -1.71. The number of rotatable bonds is 6. The van der Waals surface area contributed by atoms with Crippen molar-refractivity contribution in [3.63, 3.8) is 0 Å². The second-order valence-corrected chi connectivity index (χ2v) is 5.73. The Kier molecular flexibility index (Phi) is 5.48. The number of pyridine rings is 1. The first kappa shape index (κ1) is 15.7. The van der Waals surface area contributed by atoms with Crippen LogP contribution in [0, 0.1) is 20.8 Å². The molecule has 3 heteroatoms. The summed E-state index contributed by atoms with van der Waals surface area (Å²) in [4.78, 5) is 6.48. The van der Waals surface area contributed by atoms with E-state index in [2.05, 4.69) is 54.9 Å². The normalized spacial score (nSPS) is 11.1. The van der Waals surface area contributed by atoms with Crippen LogP contribution in [0.2, 0.25) is 0 Å². The van der Waals surface area contributed by atoms with Crippen LogP contribution in [-0.4, -0.2) is 23.0 Å². The van der Waals surface area contributed by atoms with E-state index in [0.717, 1.165) is 19.6 Å². The fraction of sp³-hybridized carbons (Fsp3) is 0.389. The van der Waals surface area contributed by atoms with Gasteiger partial charge < -0.3 is 5.73 Å². The standard InChI is InChI=1S/C18H25N3/c1-14-10-15(2)18(16(3)11-14)13-21(9-6-19)12-17-4-7-20-8-5-17/h4-5,7-8,10-11H,6,9,12-13,19H2,1-3H3. The number of hydrogen-bond donors (Lipinski definition) is 1. The molecular weight excluding hydrogens is 258 g/mol. The van der Waals surface area contributed by atoms with E-state index in [-0.39, 0.29) is 0 Å². The van der Waals surface area contributed by atoms with E-state index in [4.69, 9.17) is 5.73 Å². The Morgan fingerprint density at radius 1 is 1.00 bits per heavy atom. The third-order valence-corrected chi connectivity index (χ3v) is 3.82. The molecule has 0 unspecified atom stereocenters. The SMILES string of the molecule is Cc1cc(C)c(CN(CCN)Cc2ccncc2)c(C)c1. The highest BCUT2D eigenvalue weighted by molar-refractivity contribution is 5.37. The predicted molar refractivity (Wildman–Crippen MR) is 88.1 cm³/mol. The van der Waals surface area contributed by atoms with Crippen LogP contribution in [0.5, 0.6) is 0 Å². The second kappa shape index (κ2) is 7.34. The minimum absolute atomic E-state index is 0.676. The molecule has 2 N–H and O–H groups in total. The average Bonchev–Trinajstić information content (AvgIpc) is 2.44. The zero-order valence-corrected chi connectivity index (χ0v) is 13.3. The summed E-state index contributed by atoms with van der Waals surface area (Å²) in [5.74, 6) is 0. The van der Waals surface area contributed by atoms with Crippen LogP contribution in [0.15, 0.2) is 36.7 Å². The van der Waals surface area contributed by atoms with Crippen LogP contribution in [0.25, 0.3) is 0 Å². The van der Waals surface area contributed by atoms with Gasteiger partial charge in [-0.15, -0.1) is 0 Å². The topological polar surface area (TPSA) is 42.1 Å². The molecule has 0 amide bonds. The molecule has 0 saturated carbocycles. The summed E-state index contributed by atoms with van der Waals surface area (Å²) >= 11 is 0. The lowest BCUT2D eigenvalue weighted by Crippen LogP contribution is -2.29. The molecule has 2 rings (SSSR count). The third kappa shape index (κ3) is 4.38. The molecule has 0 fully saturated rings. The van der Waals surface area contributed by atoms with Gasteiger partial charge in [0.2, 0.25) is 0 Å². The van der Waals surface area contributed by atoms with Crippen LogP contribution in [0.3, 0.4) is 0 Å². The van der Waals surface area contributed by atoms with Gasteiger partial charge in [-0.1, -0.05) is 17.7 Å². The zero-order chi connectivity index (χ0) is 15.2. The van der Waals surface area contributed by atoms with Crippen molar-refractivity contribution in [2.75, 3.05) is 13.1 Å². The molecule has 0 bridgehead atoms. The van der Waals surface area contributed by atoms with Gasteiger partial charge in [0.25, 0.3) is 0 Å². The van der Waals surface area contributed by atoms with Gasteiger partial charge in [-0.2, -0.15) is 0 Å². The molecule has 1 aromatic carbocycles. The van der Waals surface area contributed by atoms with Gasteiger partial charge in [0.15, 0.2) is 0 Å². The second-order valence-electron chi connectivity index (χ2n) is 5.73. The summed E-state index contributed by atoms with van der Waals surface area (Å²) in [6.07, 6.45) is 3.69. The summed E-state index contributed by atoms with van der Waals surface area (Å²) in [5, 5.41) is 0. The highest BCUT2D eigenvalue weighted by Gasteiger charge is 2.10. The lowest BCUT2D eigenvalue weighted by atomic mass is 9.99. The first-order valence-corrected chi connectivity index (χ1v) is 7.48. The van der Waals surface area contributed by atoms with Crippen molar-refractivity contribution in [2.24, 2.45) is 5.73 Å². The van der Waals surface area contributed by atoms with Crippen molar-refractivity contribution in [2.45, 2.75) is 33.9 Å². The summed E-state index contributed by atoms with van der Waals surface area (Å²) in [6.45, 7) is 9.97. The van der Waals surface area contributed by atoms with Gasteiger partial charge in [0.1, 0.15) is 0 Å². The van der Waals surface area contributed by atoms with E-state index in [1.54, 1.807) is 0 Å². The van der Waals surface area contributed by atoms with Crippen molar-refractivity contribution in [1.82, 2.24) is 9.88 Å². The maximum atomic E-state index is 5.78. The van der Waals surface area contributed by atoms with Gasteiger partial charge in [-0.3, -0.25) is 9.88 Å². The molecular formula is C18H25N3. The smallest absolute Gasteiger partial charge is 0.0271 e. The molecule has 0 spiro atoms. The lowest BCUT2D eigenvalue weighted by Gasteiger charge is -2.24. The van der Waals surface area contributed by atoms with Crippen molar-refractivity contribution in [3.8, 4) is 0 Å². The summed E-state index contributed by atoms with van der Waals surface area (Å²) < 4.78 is 0. The zero-order valence-electron chi connectivity index (χ0n) is 13.3. The van der Waals surface area contributed by atoms with E-state index in [9.17, 15) is 0 Å². The fourth-order valence-corrected chi connectivity index (χ4v) is 2.83. The molecule has 0 atom stereocenters. The van der Waals surface area contributed by atoms with Gasteiger partial charge >= 0.3 is 0 Å². The number of hydrogen-bond acceptors (Lipinski definition) is 3. The van der Waals surface area contributed by atoms with E-state index < -0.39 is 0 Å². The number of aryl methyl sites for hydroxylation is 3. The van der Waals surface area contributed by atoms with Crippen LogP contribution in [-0.2, 0) is 13.1 Å². The van der Waals surface area contributed by atoms with Gasteiger partial charge in [-0.05, 0) is 55.2 Å². The molecule has 0 aliphatic carbocycles. The Bertz CT molecular complexity index is 555. The Morgan fingerprint density at radius 2 is 1.62 bits per heavy atom. The summed E-state index contributed by atoms with van der Waals surface area (Å²) in [6, 6.07) is 8.65.